The number of thiophene rings is 1. The Morgan fingerprint density at radius 2 is 2.24 bits per heavy atom. The fraction of sp³-hybridized carbons (Fsp3) is 0.0667. The van der Waals surface area contributed by atoms with E-state index in [9.17, 15) is 4.79 Å². The third-order valence-corrected chi connectivity index (χ3v) is 4.18. The van der Waals surface area contributed by atoms with Gasteiger partial charge in [0, 0.05) is 33.4 Å². The Kier molecular flexibility index (Phi) is 3.77. The zero-order valence-electron chi connectivity index (χ0n) is 10.8. The first-order valence-corrected chi connectivity index (χ1v) is 7.48. The number of benzene rings is 1. The molecule has 0 saturated heterocycles. The second-order valence-electron chi connectivity index (χ2n) is 4.49. The van der Waals surface area contributed by atoms with Crippen LogP contribution in [-0.4, -0.2) is 16.1 Å². The molecule has 0 bridgehead atoms. The third kappa shape index (κ3) is 2.99. The highest BCUT2D eigenvalue weighted by atomic mass is 35.5. The number of carboxylic acid groups (broad SMARTS) is 1. The molecule has 0 amide bonds. The molecule has 3 rings (SSSR count). The normalized spacial score (nSPS) is 10.7. The Bertz CT molecular complexity index is 816. The van der Waals surface area contributed by atoms with Gasteiger partial charge in [0.05, 0.1) is 16.8 Å². The number of hydrogen-bond donors (Lipinski definition) is 2. The summed E-state index contributed by atoms with van der Waals surface area (Å²) in [5.41, 5.74) is 1.99. The summed E-state index contributed by atoms with van der Waals surface area (Å²) in [5, 5.41) is 15.4. The van der Waals surface area contributed by atoms with Gasteiger partial charge in [-0.25, -0.2) is 4.79 Å². The van der Waals surface area contributed by atoms with Crippen molar-refractivity contribution in [3.8, 4) is 0 Å². The van der Waals surface area contributed by atoms with Gasteiger partial charge in [-0.2, -0.15) is 0 Å². The van der Waals surface area contributed by atoms with Gasteiger partial charge in [0.2, 0.25) is 0 Å². The first-order chi connectivity index (χ1) is 10.1. The van der Waals surface area contributed by atoms with Gasteiger partial charge in [-0.15, -0.1) is 11.3 Å². The maximum Gasteiger partial charge on any atom is 0.336 e. The van der Waals surface area contributed by atoms with Gasteiger partial charge in [-0.3, -0.25) is 4.98 Å². The number of nitrogens with zero attached hydrogens (tertiary/aromatic N) is 1. The lowest BCUT2D eigenvalue weighted by atomic mass is 10.2. The monoisotopic (exact) mass is 318 g/mol. The van der Waals surface area contributed by atoms with Gasteiger partial charge in [-0.1, -0.05) is 17.7 Å². The van der Waals surface area contributed by atoms with Crippen LogP contribution in [-0.2, 0) is 6.54 Å². The molecule has 6 heteroatoms. The summed E-state index contributed by atoms with van der Waals surface area (Å²) >= 11 is 7.52. The number of rotatable bonds is 4. The van der Waals surface area contributed by atoms with Crippen molar-refractivity contribution in [2.75, 3.05) is 5.32 Å². The topological polar surface area (TPSA) is 62.2 Å². The maximum atomic E-state index is 10.9. The summed E-state index contributed by atoms with van der Waals surface area (Å²) in [5.74, 6) is -0.910. The molecule has 21 heavy (non-hydrogen) atoms. The first-order valence-electron chi connectivity index (χ1n) is 6.22. The van der Waals surface area contributed by atoms with E-state index in [2.05, 4.69) is 10.3 Å². The van der Waals surface area contributed by atoms with Crippen molar-refractivity contribution in [2.45, 2.75) is 6.54 Å². The highest BCUT2D eigenvalue weighted by Gasteiger charge is 2.08. The van der Waals surface area contributed by atoms with E-state index in [1.807, 2.05) is 24.3 Å². The molecule has 0 saturated carbocycles. The van der Waals surface area contributed by atoms with Crippen molar-refractivity contribution in [3.63, 3.8) is 0 Å². The van der Waals surface area contributed by atoms with E-state index >= 15 is 0 Å². The number of fused-ring (bicyclic) bond motifs is 1. The van der Waals surface area contributed by atoms with E-state index < -0.39 is 5.97 Å². The van der Waals surface area contributed by atoms with Gasteiger partial charge in [0.25, 0.3) is 0 Å². The number of halogens is 1. The predicted molar refractivity (Wildman–Crippen MR) is 85.4 cm³/mol. The van der Waals surface area contributed by atoms with Crippen LogP contribution in [0.5, 0.6) is 0 Å². The quantitative estimate of drug-likeness (QED) is 0.754. The molecule has 0 aliphatic carbocycles. The molecule has 0 radical (unpaired) electrons. The molecule has 2 N–H and O–H groups in total. The van der Waals surface area contributed by atoms with Gasteiger partial charge in [-0.05, 0) is 24.3 Å². The molecule has 106 valence electrons. The molecule has 2 heterocycles. The summed E-state index contributed by atoms with van der Waals surface area (Å²) in [6.45, 7) is 0.532. The highest BCUT2D eigenvalue weighted by molar-refractivity contribution is 7.10. The number of carboxylic acids is 1. The zero-order valence-corrected chi connectivity index (χ0v) is 12.4. The average molecular weight is 319 g/mol. The van der Waals surface area contributed by atoms with E-state index in [4.69, 9.17) is 16.7 Å². The molecule has 4 nitrogen and oxygen atoms in total. The minimum atomic E-state index is -0.910. The summed E-state index contributed by atoms with van der Waals surface area (Å²) in [6.07, 6.45) is 1.73. The predicted octanol–water partition coefficient (Wildman–Crippen LogP) is 4.26. The van der Waals surface area contributed by atoms with E-state index in [-0.39, 0.29) is 0 Å². The van der Waals surface area contributed by atoms with E-state index in [0.717, 1.165) is 21.5 Å². The molecule has 0 aliphatic rings. The van der Waals surface area contributed by atoms with Crippen LogP contribution in [0, 0.1) is 0 Å². The molecule has 0 aliphatic heterocycles. The molecule has 0 spiro atoms. The van der Waals surface area contributed by atoms with Crippen LogP contribution in [0.4, 0.5) is 5.69 Å². The Hall–Kier alpha value is -2.11. The highest BCUT2D eigenvalue weighted by Crippen LogP contribution is 2.27. The Balaban J connectivity index is 1.86. The summed E-state index contributed by atoms with van der Waals surface area (Å²) < 4.78 is 0. The van der Waals surface area contributed by atoms with Gasteiger partial charge in [0.15, 0.2) is 0 Å². The fourth-order valence-corrected chi connectivity index (χ4v) is 3.08. The van der Waals surface area contributed by atoms with Gasteiger partial charge < -0.3 is 10.4 Å². The molecule has 0 atom stereocenters. The van der Waals surface area contributed by atoms with E-state index in [1.54, 1.807) is 17.6 Å². The number of pyridine rings is 1. The average Bonchev–Trinajstić information content (AvgIpc) is 2.93. The van der Waals surface area contributed by atoms with Crippen LogP contribution >= 0.6 is 22.9 Å². The standard InChI is InChI=1S/C15H11ClN2O2S/c16-11-4-9-2-1-3-17-14(9)13(6-11)18-7-12-5-10(8-21-12)15(19)20/h1-6,8,18H,7H2,(H,19,20). The van der Waals surface area contributed by atoms with Gasteiger partial charge >= 0.3 is 5.97 Å². The Labute approximate surface area is 130 Å². The van der Waals surface area contributed by atoms with E-state index in [0.29, 0.717) is 17.1 Å². The van der Waals surface area contributed by atoms with Crippen molar-refractivity contribution in [1.29, 1.82) is 0 Å². The maximum absolute atomic E-state index is 10.9. The van der Waals surface area contributed by atoms with Crippen LogP contribution < -0.4 is 5.32 Å². The van der Waals surface area contributed by atoms with Crippen molar-refractivity contribution < 1.29 is 9.90 Å². The molecule has 3 aromatic rings. The number of anilines is 1. The third-order valence-electron chi connectivity index (χ3n) is 3.02. The molecular formula is C15H11ClN2O2S. The van der Waals surface area contributed by atoms with Crippen LogP contribution in [0.1, 0.15) is 15.2 Å². The molecular weight excluding hydrogens is 308 g/mol. The second-order valence-corrected chi connectivity index (χ2v) is 5.92. The van der Waals surface area contributed by atoms with Crippen molar-refractivity contribution >= 4 is 45.5 Å². The lowest BCUT2D eigenvalue weighted by molar-refractivity contribution is 0.0697. The number of hydrogen-bond acceptors (Lipinski definition) is 4. The summed E-state index contributed by atoms with van der Waals surface area (Å²) in [6, 6.07) is 9.17. The van der Waals surface area contributed by atoms with E-state index in [1.165, 1.54) is 11.3 Å². The Morgan fingerprint density at radius 1 is 1.38 bits per heavy atom. The number of aromatic carboxylic acids is 1. The van der Waals surface area contributed by atoms with Crippen LogP contribution in [0.2, 0.25) is 5.02 Å². The minimum Gasteiger partial charge on any atom is -0.478 e. The van der Waals surface area contributed by atoms with Crippen molar-refractivity contribution in [3.05, 3.63) is 57.4 Å². The fourth-order valence-electron chi connectivity index (χ4n) is 2.06. The number of nitrogens with one attached hydrogen (secondary N) is 1. The summed E-state index contributed by atoms with van der Waals surface area (Å²) in [7, 11) is 0. The Morgan fingerprint density at radius 3 is 3.00 bits per heavy atom. The number of carbonyl (C=O) groups is 1. The van der Waals surface area contributed by atoms with Crippen LogP contribution in [0.15, 0.2) is 41.9 Å². The van der Waals surface area contributed by atoms with Crippen molar-refractivity contribution in [2.24, 2.45) is 0 Å². The van der Waals surface area contributed by atoms with Crippen molar-refractivity contribution in [1.82, 2.24) is 4.98 Å². The van der Waals surface area contributed by atoms with Crippen LogP contribution in [0.3, 0.4) is 0 Å². The van der Waals surface area contributed by atoms with Gasteiger partial charge in [0.1, 0.15) is 0 Å². The lowest BCUT2D eigenvalue weighted by Gasteiger charge is -2.09. The number of aromatic nitrogens is 1. The largest absolute Gasteiger partial charge is 0.478 e. The minimum absolute atomic E-state index is 0.311. The molecule has 0 unspecified atom stereocenters. The zero-order chi connectivity index (χ0) is 14.8. The molecule has 0 fully saturated rings. The summed E-state index contributed by atoms with van der Waals surface area (Å²) in [4.78, 5) is 16.2. The lowest BCUT2D eigenvalue weighted by Crippen LogP contribution is -1.99. The molecule has 2 aromatic heterocycles. The first kappa shape index (κ1) is 13.9. The smallest absolute Gasteiger partial charge is 0.336 e. The van der Waals surface area contributed by atoms with Crippen LogP contribution in [0.25, 0.3) is 10.9 Å². The second kappa shape index (κ2) is 5.71. The SMILES string of the molecule is O=C(O)c1csc(CNc2cc(Cl)cc3cccnc23)c1. The molecule has 1 aromatic carbocycles.